The van der Waals surface area contributed by atoms with E-state index in [1.807, 2.05) is 60.0 Å². The highest BCUT2D eigenvalue weighted by Gasteiger charge is 2.20. The van der Waals surface area contributed by atoms with E-state index in [0.717, 1.165) is 17.7 Å². The number of rotatable bonds is 17. The maximum absolute atomic E-state index is 12.8. The van der Waals surface area contributed by atoms with Crippen LogP contribution in [0.4, 0.5) is 0 Å². The third kappa shape index (κ3) is 16.9. The van der Waals surface area contributed by atoms with E-state index in [2.05, 4.69) is 20.9 Å². The lowest BCUT2D eigenvalue weighted by molar-refractivity contribution is -0.140. The van der Waals surface area contributed by atoms with Crippen LogP contribution < -0.4 is 16.0 Å². The highest BCUT2D eigenvalue weighted by Crippen LogP contribution is 2.07. The van der Waals surface area contributed by atoms with Crippen molar-refractivity contribution in [1.29, 1.82) is 0 Å². The maximum atomic E-state index is 12.8. The van der Waals surface area contributed by atoms with E-state index in [-0.39, 0.29) is 37.4 Å². The van der Waals surface area contributed by atoms with Crippen molar-refractivity contribution >= 4 is 29.7 Å². The van der Waals surface area contributed by atoms with Gasteiger partial charge >= 0.3 is 11.9 Å². The molecule has 1 saturated heterocycles. The summed E-state index contributed by atoms with van der Waals surface area (Å²) in [6.45, 7) is 10.4. The predicted molar refractivity (Wildman–Crippen MR) is 194 cm³/mol. The summed E-state index contributed by atoms with van der Waals surface area (Å²) >= 11 is 0. The van der Waals surface area contributed by atoms with Crippen molar-refractivity contribution in [2.45, 2.75) is 46.2 Å². The van der Waals surface area contributed by atoms with Gasteiger partial charge in [0.25, 0.3) is 5.91 Å². The molecule has 0 spiro atoms. The molecule has 0 aromatic heterocycles. The zero-order valence-corrected chi connectivity index (χ0v) is 30.1. The number of nitrogens with zero attached hydrogens (tertiary/aromatic N) is 4. The summed E-state index contributed by atoms with van der Waals surface area (Å²) in [5.41, 5.74) is 3.64. The van der Waals surface area contributed by atoms with Crippen molar-refractivity contribution < 1.29 is 34.2 Å². The summed E-state index contributed by atoms with van der Waals surface area (Å²) in [5.74, 6) is -2.23. The van der Waals surface area contributed by atoms with E-state index in [9.17, 15) is 34.2 Å². The molecule has 5 N–H and O–H groups in total. The van der Waals surface area contributed by atoms with Crippen LogP contribution in [0.5, 0.6) is 0 Å². The van der Waals surface area contributed by atoms with Gasteiger partial charge in [0.1, 0.15) is 0 Å². The van der Waals surface area contributed by atoms with Gasteiger partial charge in [0.05, 0.1) is 19.6 Å². The molecule has 0 aliphatic carbocycles. The van der Waals surface area contributed by atoms with Gasteiger partial charge in [0.2, 0.25) is 11.8 Å². The van der Waals surface area contributed by atoms with E-state index in [4.69, 9.17) is 0 Å². The first kappa shape index (κ1) is 41.1. The molecule has 3 rings (SSSR count). The molecule has 3 amide bonds. The fourth-order valence-electron chi connectivity index (χ4n) is 5.70. The van der Waals surface area contributed by atoms with E-state index in [1.54, 1.807) is 17.0 Å². The molecule has 0 unspecified atom stereocenters. The summed E-state index contributed by atoms with van der Waals surface area (Å²) in [6.07, 6.45) is 1.59. The Morgan fingerprint density at radius 2 is 1.06 bits per heavy atom. The lowest BCUT2D eigenvalue weighted by Gasteiger charge is -2.33. The second-order valence-electron chi connectivity index (χ2n) is 13.0. The van der Waals surface area contributed by atoms with Gasteiger partial charge in [-0.05, 0) is 49.6 Å². The smallest absolute Gasteiger partial charge is 0.317 e. The number of hydrogen-bond acceptors (Lipinski definition) is 9. The minimum atomic E-state index is -0.952. The third-order valence-corrected chi connectivity index (χ3v) is 8.89. The van der Waals surface area contributed by atoms with Crippen molar-refractivity contribution in [3.05, 3.63) is 70.8 Å². The van der Waals surface area contributed by atoms with Crippen molar-refractivity contribution in [2.75, 3.05) is 85.1 Å². The first-order valence-electron chi connectivity index (χ1n) is 17.8. The number of amides is 3. The number of hydrogen-bond donors (Lipinski definition) is 5. The minimum Gasteiger partial charge on any atom is -0.480 e. The Balaban J connectivity index is 1.35. The number of unbranched alkanes of at least 4 members (excludes halogenated alkanes) is 1. The minimum absolute atomic E-state index is 0.0851. The Morgan fingerprint density at radius 1 is 0.588 bits per heavy atom. The largest absolute Gasteiger partial charge is 0.480 e. The van der Waals surface area contributed by atoms with Crippen LogP contribution in [0, 0.1) is 6.92 Å². The number of carboxylic acid groups (broad SMARTS) is 2. The van der Waals surface area contributed by atoms with Crippen molar-refractivity contribution in [3.8, 4) is 0 Å². The van der Waals surface area contributed by atoms with Crippen LogP contribution in [0.1, 0.15) is 53.2 Å². The Bertz CT molecular complexity index is 1400. The van der Waals surface area contributed by atoms with Gasteiger partial charge < -0.3 is 31.1 Å². The van der Waals surface area contributed by atoms with Crippen LogP contribution in [-0.2, 0) is 32.3 Å². The Kier molecular flexibility index (Phi) is 18.1. The van der Waals surface area contributed by atoms with Gasteiger partial charge in [-0.15, -0.1) is 0 Å². The number of carboxylic acids is 2. The van der Waals surface area contributed by atoms with Gasteiger partial charge in [-0.3, -0.25) is 38.7 Å². The second-order valence-corrected chi connectivity index (χ2v) is 13.0. The van der Waals surface area contributed by atoms with Gasteiger partial charge in [0, 0.05) is 84.0 Å². The lowest BCUT2D eigenvalue weighted by Crippen LogP contribution is -2.49. The first-order valence-corrected chi connectivity index (χ1v) is 17.8. The van der Waals surface area contributed by atoms with Gasteiger partial charge in [-0.1, -0.05) is 48.9 Å². The standard InChI is InChI=1S/C37H55N7O7/c1-3-41-16-18-42(20-21-44(28-36(49)50)23-22-43(19-17-41)27-35(47)48)26-34(46)38-15-5-4-6-33(45)39-24-31-11-13-32(14-12-31)37(51)40-25-30-9-7-29(2)8-10-30/h7-14H,3-6,15-28H2,1-2H3,(H,38,46)(H,39,45)(H,40,51)(H,47,48)(H,49,50). The molecule has 1 aliphatic rings. The summed E-state index contributed by atoms with van der Waals surface area (Å²) in [5, 5.41) is 27.5. The van der Waals surface area contributed by atoms with Crippen LogP contribution in [0.15, 0.2) is 48.5 Å². The molecule has 14 heteroatoms. The van der Waals surface area contributed by atoms with E-state index >= 15 is 0 Å². The highest BCUT2D eigenvalue weighted by molar-refractivity contribution is 5.94. The highest BCUT2D eigenvalue weighted by atomic mass is 16.4. The number of aliphatic carboxylic acids is 2. The van der Waals surface area contributed by atoms with Crippen LogP contribution >= 0.6 is 0 Å². The summed E-state index contributed by atoms with van der Waals surface area (Å²) in [6, 6.07) is 15.1. The van der Waals surface area contributed by atoms with E-state index < -0.39 is 11.9 Å². The zero-order chi connectivity index (χ0) is 37.0. The second kappa shape index (κ2) is 22.4. The molecular formula is C37H55N7O7. The van der Waals surface area contributed by atoms with Crippen molar-refractivity contribution in [3.63, 3.8) is 0 Å². The molecular weight excluding hydrogens is 654 g/mol. The predicted octanol–water partition coefficient (Wildman–Crippen LogP) is 1.24. The van der Waals surface area contributed by atoms with E-state index in [0.29, 0.717) is 96.8 Å². The summed E-state index contributed by atoms with van der Waals surface area (Å²) in [4.78, 5) is 68.5. The van der Waals surface area contributed by atoms with Gasteiger partial charge in [-0.2, -0.15) is 0 Å². The van der Waals surface area contributed by atoms with Crippen molar-refractivity contribution in [2.24, 2.45) is 0 Å². The topological polar surface area (TPSA) is 175 Å². The SMILES string of the molecule is CCN1CCN(CC(=O)O)CCN(CC(=O)O)CCN(CC(=O)NCCCCC(=O)NCc2ccc(C(=O)NCc3ccc(C)cc3)cc2)CC1. The van der Waals surface area contributed by atoms with Gasteiger partial charge in [0.15, 0.2) is 0 Å². The fraction of sp³-hybridized carbons (Fsp3) is 0.541. The van der Waals surface area contributed by atoms with Crippen LogP contribution in [0.2, 0.25) is 0 Å². The molecule has 1 heterocycles. The monoisotopic (exact) mass is 709 g/mol. The average Bonchev–Trinajstić information content (AvgIpc) is 3.10. The number of aryl methyl sites for hydroxylation is 1. The molecule has 51 heavy (non-hydrogen) atoms. The molecule has 0 bridgehead atoms. The first-order chi connectivity index (χ1) is 24.5. The number of benzene rings is 2. The fourth-order valence-corrected chi connectivity index (χ4v) is 5.70. The molecule has 2 aromatic carbocycles. The van der Waals surface area contributed by atoms with E-state index in [1.165, 1.54) is 5.56 Å². The molecule has 0 radical (unpaired) electrons. The Labute approximate surface area is 301 Å². The molecule has 2 aromatic rings. The molecule has 1 fully saturated rings. The quantitative estimate of drug-likeness (QED) is 0.150. The number of carbonyl (C=O) groups is 5. The molecule has 0 atom stereocenters. The number of nitrogens with one attached hydrogen (secondary N) is 3. The maximum Gasteiger partial charge on any atom is 0.317 e. The number of carbonyl (C=O) groups excluding carboxylic acids is 3. The Hall–Kier alpha value is -4.37. The van der Waals surface area contributed by atoms with Crippen LogP contribution in [0.25, 0.3) is 0 Å². The molecule has 14 nitrogen and oxygen atoms in total. The summed E-state index contributed by atoms with van der Waals surface area (Å²) < 4.78 is 0. The third-order valence-electron chi connectivity index (χ3n) is 8.89. The summed E-state index contributed by atoms with van der Waals surface area (Å²) in [7, 11) is 0. The normalized spacial score (nSPS) is 15.6. The molecule has 280 valence electrons. The van der Waals surface area contributed by atoms with Crippen LogP contribution in [-0.4, -0.2) is 145 Å². The van der Waals surface area contributed by atoms with Crippen LogP contribution in [0.3, 0.4) is 0 Å². The molecule has 1 aliphatic heterocycles. The average molecular weight is 710 g/mol. The van der Waals surface area contributed by atoms with Gasteiger partial charge in [-0.25, -0.2) is 0 Å². The Morgan fingerprint density at radius 3 is 1.57 bits per heavy atom. The zero-order valence-electron chi connectivity index (χ0n) is 30.1. The van der Waals surface area contributed by atoms with Crippen molar-refractivity contribution in [1.82, 2.24) is 35.6 Å². The number of likely N-dealkylation sites (N-methyl/N-ethyl adjacent to an activating group) is 1. The molecule has 0 saturated carbocycles. The lowest BCUT2D eigenvalue weighted by atomic mass is 10.1.